The Bertz CT molecular complexity index is 1280. The monoisotopic (exact) mass is 431 g/mol. The van der Waals surface area contributed by atoms with Crippen LogP contribution in [0.5, 0.6) is 0 Å². The quantitative estimate of drug-likeness (QED) is 0.267. The van der Waals surface area contributed by atoms with Crippen molar-refractivity contribution in [2.45, 2.75) is 13.0 Å². The van der Waals surface area contributed by atoms with Gasteiger partial charge in [0.15, 0.2) is 0 Å². The Kier molecular flexibility index (Phi) is 5.87. The molecule has 0 spiro atoms. The SMILES string of the molecule is O=C(O)CNc1cc(CO)cc(Nc2c3ccccc3nc3ccccc23)c1CC(=O)O. The number of aliphatic hydroxyl groups excluding tert-OH is 1. The summed E-state index contributed by atoms with van der Waals surface area (Å²) in [5.74, 6) is -2.14. The molecule has 0 aliphatic rings. The number of nitrogens with zero attached hydrogens (tertiary/aromatic N) is 1. The highest BCUT2D eigenvalue weighted by Crippen LogP contribution is 2.36. The number of pyridine rings is 1. The predicted molar refractivity (Wildman–Crippen MR) is 122 cm³/mol. The fourth-order valence-corrected chi connectivity index (χ4v) is 3.71. The highest BCUT2D eigenvalue weighted by atomic mass is 16.4. The van der Waals surface area contributed by atoms with Crippen LogP contribution < -0.4 is 10.6 Å². The van der Waals surface area contributed by atoms with Crippen molar-refractivity contribution < 1.29 is 24.9 Å². The number of aliphatic hydroxyl groups is 1. The van der Waals surface area contributed by atoms with Gasteiger partial charge in [0.05, 0.1) is 29.7 Å². The van der Waals surface area contributed by atoms with E-state index >= 15 is 0 Å². The summed E-state index contributed by atoms with van der Waals surface area (Å²) in [6, 6.07) is 18.5. The minimum atomic E-state index is -1.08. The molecule has 8 nitrogen and oxygen atoms in total. The maximum Gasteiger partial charge on any atom is 0.322 e. The summed E-state index contributed by atoms with van der Waals surface area (Å²) in [4.78, 5) is 27.4. The molecule has 0 aliphatic carbocycles. The second kappa shape index (κ2) is 8.91. The smallest absolute Gasteiger partial charge is 0.322 e. The van der Waals surface area contributed by atoms with Crippen LogP contribution in [-0.4, -0.2) is 38.8 Å². The van der Waals surface area contributed by atoms with Gasteiger partial charge in [0.2, 0.25) is 0 Å². The van der Waals surface area contributed by atoms with Gasteiger partial charge in [-0.1, -0.05) is 36.4 Å². The van der Waals surface area contributed by atoms with Crippen LogP contribution in [0.15, 0.2) is 60.7 Å². The van der Waals surface area contributed by atoms with E-state index in [-0.39, 0.29) is 19.6 Å². The van der Waals surface area contributed by atoms with Gasteiger partial charge in [-0.2, -0.15) is 0 Å². The van der Waals surface area contributed by atoms with Crippen molar-refractivity contribution in [2.24, 2.45) is 0 Å². The molecule has 0 atom stereocenters. The molecule has 0 amide bonds. The highest BCUT2D eigenvalue weighted by molar-refractivity contribution is 6.09. The zero-order valence-corrected chi connectivity index (χ0v) is 17.0. The molecule has 3 aromatic carbocycles. The Morgan fingerprint density at radius 2 is 1.44 bits per heavy atom. The Labute approximate surface area is 183 Å². The summed E-state index contributed by atoms with van der Waals surface area (Å²) in [7, 11) is 0. The molecule has 0 saturated heterocycles. The number of aromatic nitrogens is 1. The summed E-state index contributed by atoms with van der Waals surface area (Å²) in [5, 5.41) is 36.1. The maximum absolute atomic E-state index is 11.6. The number of para-hydroxylation sites is 2. The molecule has 162 valence electrons. The summed E-state index contributed by atoms with van der Waals surface area (Å²) >= 11 is 0. The Morgan fingerprint density at radius 1 is 0.844 bits per heavy atom. The van der Waals surface area contributed by atoms with Gasteiger partial charge in [0, 0.05) is 27.7 Å². The van der Waals surface area contributed by atoms with Crippen LogP contribution in [0.2, 0.25) is 0 Å². The first-order chi connectivity index (χ1) is 15.5. The number of nitrogens with one attached hydrogen (secondary N) is 2. The van der Waals surface area contributed by atoms with E-state index in [9.17, 15) is 19.8 Å². The predicted octanol–water partition coefficient (Wildman–Crippen LogP) is 3.75. The summed E-state index contributed by atoms with van der Waals surface area (Å²) in [5.41, 5.74) is 4.00. The molecule has 1 heterocycles. The number of anilines is 3. The maximum atomic E-state index is 11.6. The molecule has 0 bridgehead atoms. The van der Waals surface area contributed by atoms with Gasteiger partial charge >= 0.3 is 11.9 Å². The summed E-state index contributed by atoms with van der Waals surface area (Å²) in [6.45, 7) is -0.677. The van der Waals surface area contributed by atoms with Crippen LogP contribution in [0, 0.1) is 0 Å². The van der Waals surface area contributed by atoms with E-state index in [1.54, 1.807) is 12.1 Å². The molecule has 0 saturated carbocycles. The molecule has 1 aromatic heterocycles. The molecule has 0 unspecified atom stereocenters. The molecular formula is C24H21N3O5. The van der Waals surface area contributed by atoms with Crippen molar-refractivity contribution in [3.8, 4) is 0 Å². The average molecular weight is 431 g/mol. The molecule has 5 N–H and O–H groups in total. The second-order valence-electron chi connectivity index (χ2n) is 7.29. The third-order valence-electron chi connectivity index (χ3n) is 5.10. The molecule has 4 aromatic rings. The number of aliphatic carboxylic acids is 2. The fraction of sp³-hybridized carbons (Fsp3) is 0.125. The Hall–Kier alpha value is -4.17. The topological polar surface area (TPSA) is 132 Å². The van der Waals surface area contributed by atoms with Crippen LogP contribution in [0.4, 0.5) is 17.1 Å². The Balaban J connectivity index is 1.93. The number of rotatable bonds is 8. The number of carbonyl (C=O) groups is 2. The lowest BCUT2D eigenvalue weighted by Crippen LogP contribution is -2.16. The average Bonchev–Trinajstić information content (AvgIpc) is 2.78. The van der Waals surface area contributed by atoms with Gasteiger partial charge < -0.3 is 26.0 Å². The van der Waals surface area contributed by atoms with Crippen molar-refractivity contribution in [1.82, 2.24) is 4.98 Å². The first kappa shape index (κ1) is 21.1. The number of fused-ring (bicyclic) bond motifs is 2. The normalized spacial score (nSPS) is 10.9. The lowest BCUT2D eigenvalue weighted by molar-refractivity contribution is -0.136. The number of benzene rings is 3. The summed E-state index contributed by atoms with van der Waals surface area (Å²) in [6.07, 6.45) is -0.336. The van der Waals surface area contributed by atoms with E-state index in [4.69, 9.17) is 10.1 Å². The highest BCUT2D eigenvalue weighted by Gasteiger charge is 2.17. The standard InChI is InChI=1S/C24H21N3O5/c28-13-14-9-20(25-12-23(31)32)17(11-22(29)30)21(10-14)27-24-15-5-1-3-7-18(15)26-19-8-4-2-6-16(19)24/h1-10,25,28H,11-13H2,(H,26,27)(H,29,30)(H,31,32). The third kappa shape index (κ3) is 4.30. The van der Waals surface area contributed by atoms with Crippen LogP contribution in [0.1, 0.15) is 11.1 Å². The van der Waals surface area contributed by atoms with Gasteiger partial charge in [0.1, 0.15) is 6.54 Å². The summed E-state index contributed by atoms with van der Waals surface area (Å²) < 4.78 is 0. The van der Waals surface area contributed by atoms with Crippen molar-refractivity contribution >= 4 is 50.8 Å². The molecule has 4 rings (SSSR count). The zero-order chi connectivity index (χ0) is 22.7. The first-order valence-electron chi connectivity index (χ1n) is 9.95. The van der Waals surface area contributed by atoms with Gasteiger partial charge in [-0.05, 0) is 29.8 Å². The van der Waals surface area contributed by atoms with Crippen molar-refractivity contribution in [2.75, 3.05) is 17.2 Å². The minimum absolute atomic E-state index is 0.290. The van der Waals surface area contributed by atoms with E-state index in [0.717, 1.165) is 27.5 Å². The van der Waals surface area contributed by atoms with Gasteiger partial charge in [-0.25, -0.2) is 4.98 Å². The number of hydrogen-bond donors (Lipinski definition) is 5. The van der Waals surface area contributed by atoms with E-state index in [1.165, 1.54) is 0 Å². The van der Waals surface area contributed by atoms with E-state index in [2.05, 4.69) is 10.6 Å². The molecular weight excluding hydrogens is 410 g/mol. The van der Waals surface area contributed by atoms with E-state index < -0.39 is 11.9 Å². The lowest BCUT2D eigenvalue weighted by Gasteiger charge is -2.20. The van der Waals surface area contributed by atoms with Crippen LogP contribution in [0.25, 0.3) is 21.8 Å². The van der Waals surface area contributed by atoms with Crippen LogP contribution in [-0.2, 0) is 22.6 Å². The molecule has 8 heteroatoms. The van der Waals surface area contributed by atoms with Crippen LogP contribution in [0.3, 0.4) is 0 Å². The van der Waals surface area contributed by atoms with Gasteiger partial charge in [-0.3, -0.25) is 9.59 Å². The van der Waals surface area contributed by atoms with Crippen molar-refractivity contribution in [3.63, 3.8) is 0 Å². The molecule has 0 aliphatic heterocycles. The van der Waals surface area contributed by atoms with E-state index in [0.29, 0.717) is 22.5 Å². The van der Waals surface area contributed by atoms with E-state index in [1.807, 2.05) is 48.5 Å². The number of carboxylic acid groups (broad SMARTS) is 2. The minimum Gasteiger partial charge on any atom is -0.481 e. The number of carboxylic acids is 2. The number of hydrogen-bond acceptors (Lipinski definition) is 6. The second-order valence-corrected chi connectivity index (χ2v) is 7.29. The molecule has 32 heavy (non-hydrogen) atoms. The van der Waals surface area contributed by atoms with Gasteiger partial charge in [0.25, 0.3) is 0 Å². The third-order valence-corrected chi connectivity index (χ3v) is 5.10. The lowest BCUT2D eigenvalue weighted by atomic mass is 10.0. The molecule has 0 fully saturated rings. The first-order valence-corrected chi connectivity index (χ1v) is 9.95. The van der Waals surface area contributed by atoms with Crippen molar-refractivity contribution in [3.05, 3.63) is 71.8 Å². The largest absolute Gasteiger partial charge is 0.481 e. The van der Waals surface area contributed by atoms with Gasteiger partial charge in [-0.15, -0.1) is 0 Å². The fourth-order valence-electron chi connectivity index (χ4n) is 3.71. The zero-order valence-electron chi connectivity index (χ0n) is 17.0. The van der Waals surface area contributed by atoms with Crippen molar-refractivity contribution in [1.29, 1.82) is 0 Å². The van der Waals surface area contributed by atoms with Crippen LogP contribution >= 0.6 is 0 Å². The molecule has 0 radical (unpaired) electrons. The Morgan fingerprint density at radius 3 is 2.00 bits per heavy atom.